The molecule has 0 aliphatic heterocycles. The Bertz CT molecular complexity index is 615. The van der Waals surface area contributed by atoms with Gasteiger partial charge in [0.1, 0.15) is 11.5 Å². The molecule has 1 heterocycles. The largest absolute Gasteiger partial charge is 0.493 e. The van der Waals surface area contributed by atoms with Crippen LogP contribution in [0.4, 0.5) is 4.39 Å². The van der Waals surface area contributed by atoms with Gasteiger partial charge in [0, 0.05) is 17.1 Å². The number of hydrogen-bond donors (Lipinski definition) is 1. The van der Waals surface area contributed by atoms with Crippen molar-refractivity contribution in [1.82, 2.24) is 15.1 Å². The van der Waals surface area contributed by atoms with Crippen molar-refractivity contribution < 1.29 is 9.13 Å². The van der Waals surface area contributed by atoms with Gasteiger partial charge in [0.25, 0.3) is 0 Å². The van der Waals surface area contributed by atoms with E-state index in [-0.39, 0.29) is 11.9 Å². The fraction of sp³-hybridized carbons (Fsp3) is 0.400. The third kappa shape index (κ3) is 3.19. The molecule has 6 heteroatoms. The zero-order valence-electron chi connectivity index (χ0n) is 12.4. The Labute approximate surface area is 128 Å². The Kier molecular flexibility index (Phi) is 5.20. The number of aromatic nitrogens is 2. The summed E-state index contributed by atoms with van der Waals surface area (Å²) in [7, 11) is 3.36. The number of benzene rings is 1. The molecule has 0 fully saturated rings. The van der Waals surface area contributed by atoms with Crippen molar-refractivity contribution in [3.63, 3.8) is 0 Å². The lowest BCUT2D eigenvalue weighted by Gasteiger charge is -2.20. The SMILES string of the molecule is CCCn1ncc(OC)c1C(NC)c1ccc(Cl)cc1F. The molecule has 0 aliphatic rings. The van der Waals surface area contributed by atoms with Crippen LogP contribution >= 0.6 is 11.6 Å². The van der Waals surface area contributed by atoms with Gasteiger partial charge in [-0.05, 0) is 25.6 Å². The fourth-order valence-electron chi connectivity index (χ4n) is 2.39. The van der Waals surface area contributed by atoms with Gasteiger partial charge in [-0.25, -0.2) is 4.39 Å². The molecular weight excluding hydrogens is 293 g/mol. The second-order valence-electron chi connectivity index (χ2n) is 4.71. The van der Waals surface area contributed by atoms with Crippen molar-refractivity contribution >= 4 is 11.6 Å². The molecule has 0 aliphatic carbocycles. The van der Waals surface area contributed by atoms with Crippen molar-refractivity contribution in [2.45, 2.75) is 25.9 Å². The van der Waals surface area contributed by atoms with Crippen molar-refractivity contribution in [3.05, 3.63) is 46.5 Å². The first kappa shape index (κ1) is 15.8. The minimum atomic E-state index is -0.355. The van der Waals surface area contributed by atoms with E-state index in [1.807, 2.05) is 4.68 Å². The molecule has 1 aromatic heterocycles. The van der Waals surface area contributed by atoms with Crippen molar-refractivity contribution in [2.75, 3.05) is 14.2 Å². The number of halogens is 2. The van der Waals surface area contributed by atoms with Crippen LogP contribution in [0.15, 0.2) is 24.4 Å². The summed E-state index contributed by atoms with van der Waals surface area (Å²) in [5.74, 6) is 0.283. The predicted octanol–water partition coefficient (Wildman–Crippen LogP) is 3.40. The number of nitrogens with one attached hydrogen (secondary N) is 1. The van der Waals surface area contributed by atoms with Gasteiger partial charge in [0.2, 0.25) is 0 Å². The molecule has 0 saturated carbocycles. The minimum Gasteiger partial charge on any atom is -0.493 e. The average molecular weight is 312 g/mol. The van der Waals surface area contributed by atoms with Crippen LogP contribution in [0.2, 0.25) is 5.02 Å². The zero-order valence-corrected chi connectivity index (χ0v) is 13.1. The van der Waals surface area contributed by atoms with Gasteiger partial charge >= 0.3 is 0 Å². The highest BCUT2D eigenvalue weighted by Crippen LogP contribution is 2.32. The first-order valence-corrected chi connectivity index (χ1v) is 7.22. The van der Waals surface area contributed by atoms with Gasteiger partial charge in [0.15, 0.2) is 5.75 Å². The van der Waals surface area contributed by atoms with Gasteiger partial charge in [-0.1, -0.05) is 24.6 Å². The maximum Gasteiger partial charge on any atom is 0.161 e. The Hall–Kier alpha value is -1.59. The molecule has 1 N–H and O–H groups in total. The Balaban J connectivity index is 2.52. The molecule has 0 radical (unpaired) electrons. The number of hydrogen-bond acceptors (Lipinski definition) is 3. The third-order valence-electron chi connectivity index (χ3n) is 3.34. The molecule has 0 saturated heterocycles. The summed E-state index contributed by atoms with van der Waals surface area (Å²) in [6.45, 7) is 2.81. The average Bonchev–Trinajstić information content (AvgIpc) is 2.85. The molecule has 1 aromatic carbocycles. The smallest absolute Gasteiger partial charge is 0.161 e. The Morgan fingerprint density at radius 3 is 2.81 bits per heavy atom. The van der Waals surface area contributed by atoms with Crippen LogP contribution in [0.3, 0.4) is 0 Å². The molecule has 4 nitrogen and oxygen atoms in total. The lowest BCUT2D eigenvalue weighted by Crippen LogP contribution is -2.23. The van der Waals surface area contributed by atoms with Crippen LogP contribution in [0.1, 0.15) is 30.6 Å². The van der Waals surface area contributed by atoms with Crippen LogP contribution in [-0.4, -0.2) is 23.9 Å². The Morgan fingerprint density at radius 2 is 2.24 bits per heavy atom. The van der Waals surface area contributed by atoms with Gasteiger partial charge in [0.05, 0.1) is 19.3 Å². The van der Waals surface area contributed by atoms with Gasteiger partial charge < -0.3 is 10.1 Å². The van der Waals surface area contributed by atoms with E-state index in [2.05, 4.69) is 17.3 Å². The number of methoxy groups -OCH3 is 1. The third-order valence-corrected chi connectivity index (χ3v) is 3.57. The topological polar surface area (TPSA) is 39.1 Å². The fourth-order valence-corrected chi connectivity index (χ4v) is 2.55. The Morgan fingerprint density at radius 1 is 1.48 bits per heavy atom. The molecule has 0 amide bonds. The molecule has 1 atom stereocenters. The van der Waals surface area contributed by atoms with Crippen LogP contribution in [0.5, 0.6) is 5.75 Å². The van der Waals surface area contributed by atoms with E-state index < -0.39 is 0 Å². The van der Waals surface area contributed by atoms with Gasteiger partial charge in [-0.3, -0.25) is 4.68 Å². The first-order chi connectivity index (χ1) is 10.1. The summed E-state index contributed by atoms with van der Waals surface area (Å²) in [4.78, 5) is 0. The summed E-state index contributed by atoms with van der Waals surface area (Å²) in [5.41, 5.74) is 1.32. The van der Waals surface area contributed by atoms with E-state index in [1.165, 1.54) is 6.07 Å². The van der Waals surface area contributed by atoms with Crippen LogP contribution in [0.25, 0.3) is 0 Å². The van der Waals surface area contributed by atoms with Gasteiger partial charge in [-0.15, -0.1) is 0 Å². The monoisotopic (exact) mass is 311 g/mol. The lowest BCUT2D eigenvalue weighted by atomic mass is 10.0. The summed E-state index contributed by atoms with van der Waals surface area (Å²) in [6, 6.07) is 4.32. The highest BCUT2D eigenvalue weighted by atomic mass is 35.5. The van der Waals surface area contributed by atoms with E-state index in [0.29, 0.717) is 16.3 Å². The molecule has 114 valence electrons. The standard InChI is InChI=1S/C15H19ClFN3O/c1-4-7-20-15(13(21-3)9-19-20)14(18-2)11-6-5-10(16)8-12(11)17/h5-6,8-9,14,18H,4,7H2,1-3H3. The second-order valence-corrected chi connectivity index (χ2v) is 5.15. The van der Waals surface area contributed by atoms with E-state index in [4.69, 9.17) is 16.3 Å². The first-order valence-electron chi connectivity index (χ1n) is 6.84. The normalized spacial score (nSPS) is 12.4. The number of rotatable bonds is 6. The molecule has 1 unspecified atom stereocenters. The molecule has 2 rings (SSSR count). The second kappa shape index (κ2) is 6.91. The summed E-state index contributed by atoms with van der Waals surface area (Å²) >= 11 is 5.83. The number of ether oxygens (including phenoxy) is 1. The van der Waals surface area contributed by atoms with E-state index in [1.54, 1.807) is 32.5 Å². The summed E-state index contributed by atoms with van der Waals surface area (Å²) in [5, 5.41) is 7.83. The highest BCUT2D eigenvalue weighted by Gasteiger charge is 2.24. The van der Waals surface area contributed by atoms with E-state index in [0.717, 1.165) is 18.7 Å². The minimum absolute atomic E-state index is 0.354. The zero-order chi connectivity index (χ0) is 15.4. The van der Waals surface area contributed by atoms with Crippen molar-refractivity contribution in [3.8, 4) is 5.75 Å². The molecule has 0 spiro atoms. The van der Waals surface area contributed by atoms with Crippen LogP contribution in [-0.2, 0) is 6.54 Å². The predicted molar refractivity (Wildman–Crippen MR) is 81.4 cm³/mol. The number of nitrogens with zero attached hydrogens (tertiary/aromatic N) is 2. The molecule has 21 heavy (non-hydrogen) atoms. The van der Waals surface area contributed by atoms with E-state index in [9.17, 15) is 4.39 Å². The van der Waals surface area contributed by atoms with E-state index >= 15 is 0 Å². The molecule has 0 bridgehead atoms. The summed E-state index contributed by atoms with van der Waals surface area (Å²) in [6.07, 6.45) is 2.58. The molecular formula is C15H19ClFN3O. The van der Waals surface area contributed by atoms with Gasteiger partial charge in [-0.2, -0.15) is 5.10 Å². The maximum absolute atomic E-state index is 14.2. The highest BCUT2D eigenvalue weighted by molar-refractivity contribution is 6.30. The number of aryl methyl sites for hydroxylation is 1. The quantitative estimate of drug-likeness (QED) is 0.888. The summed E-state index contributed by atoms with van der Waals surface area (Å²) < 4.78 is 21.4. The lowest BCUT2D eigenvalue weighted by molar-refractivity contribution is 0.399. The maximum atomic E-state index is 14.2. The van der Waals surface area contributed by atoms with Crippen LogP contribution in [0, 0.1) is 5.82 Å². The van der Waals surface area contributed by atoms with Crippen LogP contribution < -0.4 is 10.1 Å². The van der Waals surface area contributed by atoms with Crippen molar-refractivity contribution in [2.24, 2.45) is 0 Å². The molecule has 2 aromatic rings. The van der Waals surface area contributed by atoms with Crippen molar-refractivity contribution in [1.29, 1.82) is 0 Å².